The van der Waals surface area contributed by atoms with E-state index in [4.69, 9.17) is 4.42 Å². The van der Waals surface area contributed by atoms with Crippen LogP contribution in [0.5, 0.6) is 0 Å². The number of benzene rings is 1. The van der Waals surface area contributed by atoms with E-state index in [9.17, 15) is 18.0 Å². The zero-order valence-corrected chi connectivity index (χ0v) is 15.4. The van der Waals surface area contributed by atoms with Gasteiger partial charge in [0.1, 0.15) is 11.5 Å². The number of carbonyl (C=O) groups excluding carboxylic acids is 1. The quantitative estimate of drug-likeness (QED) is 0.679. The lowest BCUT2D eigenvalue weighted by Crippen LogP contribution is -2.29. The first-order valence-electron chi connectivity index (χ1n) is 8.69. The molecule has 0 fully saturated rings. The smallest absolute Gasteiger partial charge is 0.416 e. The van der Waals surface area contributed by atoms with E-state index in [1.165, 1.54) is 6.07 Å². The number of aromatic nitrogens is 1. The zero-order chi connectivity index (χ0) is 19.8. The van der Waals surface area contributed by atoms with E-state index in [0.29, 0.717) is 34.7 Å². The Labute approximate surface area is 155 Å². The van der Waals surface area contributed by atoms with Crippen molar-refractivity contribution < 1.29 is 22.4 Å². The van der Waals surface area contributed by atoms with Gasteiger partial charge in [0.15, 0.2) is 5.58 Å². The summed E-state index contributed by atoms with van der Waals surface area (Å²) < 4.78 is 46.3. The van der Waals surface area contributed by atoms with Gasteiger partial charge in [0, 0.05) is 25.2 Å². The summed E-state index contributed by atoms with van der Waals surface area (Å²) in [6, 6.07) is 8.54. The van der Waals surface area contributed by atoms with Gasteiger partial charge in [0.2, 0.25) is 0 Å². The Kier molecular flexibility index (Phi) is 5.04. The van der Waals surface area contributed by atoms with E-state index < -0.39 is 11.7 Å². The van der Waals surface area contributed by atoms with Gasteiger partial charge in [0.25, 0.3) is 5.91 Å². The molecule has 1 aromatic carbocycles. The summed E-state index contributed by atoms with van der Waals surface area (Å²) in [6.45, 7) is 6.40. The van der Waals surface area contributed by atoms with Crippen molar-refractivity contribution >= 4 is 17.0 Å². The van der Waals surface area contributed by atoms with Crippen LogP contribution in [0.1, 0.15) is 41.2 Å². The molecule has 0 spiro atoms. The summed E-state index contributed by atoms with van der Waals surface area (Å²) in [4.78, 5) is 12.6. The number of aryl methyl sites for hydroxylation is 1. The molecule has 0 saturated heterocycles. The SMILES string of the molecule is Cc1cc2c(cc(C(=O)NCC(C)C)n2Cc2cccc(C(F)(F)F)c2)o1. The molecular formula is C20H21F3N2O2. The normalized spacial score (nSPS) is 12.1. The zero-order valence-electron chi connectivity index (χ0n) is 15.4. The Morgan fingerprint density at radius 2 is 1.96 bits per heavy atom. The van der Waals surface area contributed by atoms with E-state index in [2.05, 4.69) is 5.32 Å². The molecule has 0 aliphatic rings. The van der Waals surface area contributed by atoms with Crippen molar-refractivity contribution in [2.24, 2.45) is 5.92 Å². The van der Waals surface area contributed by atoms with Crippen LogP contribution in [0.2, 0.25) is 0 Å². The number of alkyl halides is 3. The molecule has 2 aromatic heterocycles. The van der Waals surface area contributed by atoms with E-state index in [-0.39, 0.29) is 18.4 Å². The third-order valence-corrected chi connectivity index (χ3v) is 4.21. The summed E-state index contributed by atoms with van der Waals surface area (Å²) in [7, 11) is 0. The minimum absolute atomic E-state index is 0.136. The van der Waals surface area contributed by atoms with Gasteiger partial charge in [0.05, 0.1) is 11.1 Å². The monoisotopic (exact) mass is 378 g/mol. The van der Waals surface area contributed by atoms with Crippen LogP contribution >= 0.6 is 0 Å². The topological polar surface area (TPSA) is 47.2 Å². The molecule has 0 aliphatic carbocycles. The number of fused-ring (bicyclic) bond motifs is 1. The van der Waals surface area contributed by atoms with Crippen LogP contribution < -0.4 is 5.32 Å². The van der Waals surface area contributed by atoms with Crippen LogP contribution in [-0.4, -0.2) is 17.0 Å². The molecule has 1 amide bonds. The number of nitrogens with zero attached hydrogens (tertiary/aromatic N) is 1. The van der Waals surface area contributed by atoms with Gasteiger partial charge < -0.3 is 14.3 Å². The minimum atomic E-state index is -4.41. The average Bonchev–Trinajstić information content (AvgIpc) is 3.09. The van der Waals surface area contributed by atoms with Gasteiger partial charge in [-0.1, -0.05) is 26.0 Å². The number of carbonyl (C=O) groups is 1. The molecule has 0 saturated carbocycles. The fraction of sp³-hybridized carbons (Fsp3) is 0.350. The number of amides is 1. The van der Waals surface area contributed by atoms with Gasteiger partial charge in [-0.2, -0.15) is 13.2 Å². The predicted molar refractivity (Wildman–Crippen MR) is 96.7 cm³/mol. The third kappa shape index (κ3) is 4.18. The van der Waals surface area contributed by atoms with Gasteiger partial charge in [-0.25, -0.2) is 0 Å². The van der Waals surface area contributed by atoms with Crippen molar-refractivity contribution in [3.63, 3.8) is 0 Å². The lowest BCUT2D eigenvalue weighted by molar-refractivity contribution is -0.137. The summed E-state index contributed by atoms with van der Waals surface area (Å²) in [6.07, 6.45) is -4.41. The molecular weight excluding hydrogens is 357 g/mol. The van der Waals surface area contributed by atoms with Gasteiger partial charge in [-0.15, -0.1) is 0 Å². The van der Waals surface area contributed by atoms with Gasteiger partial charge in [-0.3, -0.25) is 4.79 Å². The molecule has 144 valence electrons. The van der Waals surface area contributed by atoms with Crippen LogP contribution in [0.3, 0.4) is 0 Å². The molecule has 1 N–H and O–H groups in total. The molecule has 7 heteroatoms. The summed E-state index contributed by atoms with van der Waals surface area (Å²) in [5.74, 6) is 0.678. The van der Waals surface area contributed by atoms with E-state index in [1.54, 1.807) is 29.7 Å². The van der Waals surface area contributed by atoms with Crippen molar-refractivity contribution in [1.82, 2.24) is 9.88 Å². The Morgan fingerprint density at radius 1 is 1.22 bits per heavy atom. The standard InChI is InChI=1S/C20H21F3N2O2/c1-12(2)10-24-19(26)17-9-18-16(7-13(3)27-18)25(17)11-14-5-4-6-15(8-14)20(21,22)23/h4-9,12H,10-11H2,1-3H3,(H,24,26). The highest BCUT2D eigenvalue weighted by Gasteiger charge is 2.30. The highest BCUT2D eigenvalue weighted by molar-refractivity contribution is 5.97. The lowest BCUT2D eigenvalue weighted by atomic mass is 10.1. The number of halogens is 3. The molecule has 0 aliphatic heterocycles. The molecule has 3 rings (SSSR count). The molecule has 0 atom stereocenters. The maximum Gasteiger partial charge on any atom is 0.416 e. The van der Waals surface area contributed by atoms with Crippen LogP contribution in [0, 0.1) is 12.8 Å². The average molecular weight is 378 g/mol. The van der Waals surface area contributed by atoms with Gasteiger partial charge >= 0.3 is 6.18 Å². The second kappa shape index (κ2) is 7.13. The number of hydrogen-bond acceptors (Lipinski definition) is 2. The van der Waals surface area contributed by atoms with E-state index in [1.807, 2.05) is 13.8 Å². The van der Waals surface area contributed by atoms with Crippen LogP contribution in [0.15, 0.2) is 40.8 Å². The predicted octanol–water partition coefficient (Wildman–Crippen LogP) is 5.00. The first-order valence-corrected chi connectivity index (χ1v) is 8.69. The van der Waals surface area contributed by atoms with Gasteiger partial charge in [-0.05, 0) is 30.5 Å². The highest BCUT2D eigenvalue weighted by atomic mass is 19.4. The van der Waals surface area contributed by atoms with Crippen LogP contribution in [0.4, 0.5) is 13.2 Å². The maximum absolute atomic E-state index is 13.0. The number of rotatable bonds is 5. The number of hydrogen-bond donors (Lipinski definition) is 1. The van der Waals surface area contributed by atoms with Crippen LogP contribution in [-0.2, 0) is 12.7 Å². The fourth-order valence-electron chi connectivity index (χ4n) is 2.94. The van der Waals surface area contributed by atoms with Crippen LogP contribution in [0.25, 0.3) is 11.1 Å². The van der Waals surface area contributed by atoms with E-state index in [0.717, 1.165) is 12.1 Å². The minimum Gasteiger partial charge on any atom is -0.460 e. The number of nitrogens with one attached hydrogen (secondary N) is 1. The number of furan rings is 1. The largest absolute Gasteiger partial charge is 0.460 e. The van der Waals surface area contributed by atoms with Crippen molar-refractivity contribution in [3.8, 4) is 0 Å². The Morgan fingerprint density at radius 3 is 2.63 bits per heavy atom. The first-order chi connectivity index (χ1) is 12.6. The summed E-state index contributed by atoms with van der Waals surface area (Å²) in [5.41, 5.74) is 1.33. The summed E-state index contributed by atoms with van der Waals surface area (Å²) in [5, 5.41) is 2.84. The Bertz CT molecular complexity index is 967. The Balaban J connectivity index is 1.99. The molecule has 0 unspecified atom stereocenters. The fourth-order valence-corrected chi connectivity index (χ4v) is 2.94. The summed E-state index contributed by atoms with van der Waals surface area (Å²) >= 11 is 0. The lowest BCUT2D eigenvalue weighted by Gasteiger charge is -2.13. The molecule has 0 radical (unpaired) electrons. The molecule has 2 heterocycles. The highest BCUT2D eigenvalue weighted by Crippen LogP contribution is 2.30. The molecule has 3 aromatic rings. The Hall–Kier alpha value is -2.70. The third-order valence-electron chi connectivity index (χ3n) is 4.21. The van der Waals surface area contributed by atoms with Crippen molar-refractivity contribution in [1.29, 1.82) is 0 Å². The maximum atomic E-state index is 13.0. The first kappa shape index (κ1) is 19.1. The molecule has 4 nitrogen and oxygen atoms in total. The van der Waals surface area contributed by atoms with Crippen molar-refractivity contribution in [3.05, 3.63) is 59.0 Å². The second-order valence-electron chi connectivity index (χ2n) is 7.02. The van der Waals surface area contributed by atoms with Crippen molar-refractivity contribution in [2.75, 3.05) is 6.54 Å². The molecule has 0 bridgehead atoms. The van der Waals surface area contributed by atoms with E-state index >= 15 is 0 Å². The van der Waals surface area contributed by atoms with Crippen molar-refractivity contribution in [2.45, 2.75) is 33.5 Å². The molecule has 27 heavy (non-hydrogen) atoms. The second-order valence-corrected chi connectivity index (χ2v) is 7.02.